The van der Waals surface area contributed by atoms with E-state index >= 15 is 0 Å². The van der Waals surface area contributed by atoms with Crippen LogP contribution in [0.1, 0.15) is 47.8 Å². The van der Waals surface area contributed by atoms with Crippen LogP contribution in [0.3, 0.4) is 0 Å². The minimum absolute atomic E-state index is 0.00306. The molecule has 2 N–H and O–H groups in total. The highest BCUT2D eigenvalue weighted by molar-refractivity contribution is 5.59. The van der Waals surface area contributed by atoms with Crippen LogP contribution in [0.15, 0.2) is 36.4 Å². The highest BCUT2D eigenvalue weighted by Crippen LogP contribution is 2.52. The number of rotatable bonds is 1. The molecule has 0 fully saturated rings. The molecule has 2 bridgehead atoms. The second-order valence-corrected chi connectivity index (χ2v) is 6.39. The molecule has 6 heteroatoms. The molecule has 3 aliphatic carbocycles. The first-order valence-electron chi connectivity index (χ1n) is 7.90. The normalized spacial score (nSPS) is 22.5. The van der Waals surface area contributed by atoms with E-state index in [-0.39, 0.29) is 29.3 Å². The molecule has 1 heterocycles. The number of aromatic hydroxyl groups is 2. The summed E-state index contributed by atoms with van der Waals surface area (Å²) in [5.74, 6) is -0.334. The third kappa shape index (κ3) is 2.12. The van der Waals surface area contributed by atoms with Gasteiger partial charge >= 0.3 is 6.18 Å². The van der Waals surface area contributed by atoms with Gasteiger partial charge in [0.2, 0.25) is 11.8 Å². The number of hydrogen-bond donors (Lipinski definition) is 2. The molecule has 0 spiro atoms. The molecule has 2 aromatic rings. The third-order valence-electron chi connectivity index (χ3n) is 4.97. The number of aromatic nitrogens is 1. The smallest absolute Gasteiger partial charge is 0.416 e. The van der Waals surface area contributed by atoms with Gasteiger partial charge in [-0.2, -0.15) is 13.2 Å². The molecule has 0 saturated heterocycles. The Hall–Kier alpha value is -2.37. The Morgan fingerprint density at radius 3 is 2.08 bits per heavy atom. The van der Waals surface area contributed by atoms with Gasteiger partial charge in [0.25, 0.3) is 0 Å². The summed E-state index contributed by atoms with van der Waals surface area (Å²) in [5.41, 5.74) is 0.584. The fourth-order valence-electron chi connectivity index (χ4n) is 3.88. The van der Waals surface area contributed by atoms with Crippen LogP contribution in [0, 0.1) is 0 Å². The van der Waals surface area contributed by atoms with Crippen molar-refractivity contribution in [2.75, 3.05) is 0 Å². The molecule has 2 unspecified atom stereocenters. The summed E-state index contributed by atoms with van der Waals surface area (Å²) < 4.78 is 40.0. The predicted octanol–water partition coefficient (Wildman–Crippen LogP) is 4.83. The van der Waals surface area contributed by atoms with E-state index in [9.17, 15) is 23.4 Å². The predicted molar refractivity (Wildman–Crippen MR) is 82.6 cm³/mol. The standard InChI is InChI=1S/C18H16F3NO2/c19-18(20,21)12-5-2-6-13(9-12)22-16(23)14-10-3-1-4-11(8-7-10)15(14)17(22)24/h2,5-11,23-24H,1,3-4H2. The molecule has 24 heavy (non-hydrogen) atoms. The zero-order valence-corrected chi connectivity index (χ0v) is 12.7. The third-order valence-corrected chi connectivity index (χ3v) is 4.97. The maximum absolute atomic E-state index is 13.0. The van der Waals surface area contributed by atoms with Crippen LogP contribution in [-0.2, 0) is 6.18 Å². The summed E-state index contributed by atoms with van der Waals surface area (Å²) in [7, 11) is 0. The Kier molecular flexibility index (Phi) is 3.20. The average Bonchev–Trinajstić information content (AvgIpc) is 2.74. The van der Waals surface area contributed by atoms with Gasteiger partial charge in [0, 0.05) is 23.0 Å². The van der Waals surface area contributed by atoms with Crippen LogP contribution in [0.2, 0.25) is 0 Å². The van der Waals surface area contributed by atoms with E-state index in [1.54, 1.807) is 0 Å². The number of allylic oxidation sites excluding steroid dienone is 2. The van der Waals surface area contributed by atoms with Crippen LogP contribution in [0.25, 0.3) is 5.69 Å². The first-order valence-corrected chi connectivity index (χ1v) is 7.90. The minimum Gasteiger partial charge on any atom is -0.494 e. The minimum atomic E-state index is -4.48. The lowest BCUT2D eigenvalue weighted by atomic mass is 9.86. The number of halogens is 3. The van der Waals surface area contributed by atoms with Gasteiger partial charge in [-0.3, -0.25) is 4.57 Å². The molecular formula is C18H16F3NO2. The fourth-order valence-corrected chi connectivity index (χ4v) is 3.88. The summed E-state index contributed by atoms with van der Waals surface area (Å²) >= 11 is 0. The van der Waals surface area contributed by atoms with Crippen LogP contribution < -0.4 is 0 Å². The Morgan fingerprint density at radius 2 is 1.54 bits per heavy atom. The maximum Gasteiger partial charge on any atom is 0.416 e. The van der Waals surface area contributed by atoms with Crippen molar-refractivity contribution in [3.8, 4) is 17.4 Å². The van der Waals surface area contributed by atoms with Crippen molar-refractivity contribution in [3.05, 3.63) is 53.1 Å². The summed E-state index contributed by atoms with van der Waals surface area (Å²) in [6.45, 7) is 0. The molecule has 3 nitrogen and oxygen atoms in total. The van der Waals surface area contributed by atoms with Crippen LogP contribution in [0.5, 0.6) is 11.8 Å². The zero-order chi connectivity index (χ0) is 17.1. The lowest BCUT2D eigenvalue weighted by molar-refractivity contribution is -0.137. The van der Waals surface area contributed by atoms with Crippen molar-refractivity contribution in [2.24, 2.45) is 0 Å². The zero-order valence-electron chi connectivity index (χ0n) is 12.7. The lowest BCUT2D eigenvalue weighted by Gasteiger charge is -2.17. The molecule has 2 atom stereocenters. The average molecular weight is 335 g/mol. The number of hydrogen-bond acceptors (Lipinski definition) is 2. The van der Waals surface area contributed by atoms with Crippen LogP contribution in [0.4, 0.5) is 13.2 Å². The monoisotopic (exact) mass is 335 g/mol. The molecular weight excluding hydrogens is 319 g/mol. The van der Waals surface area contributed by atoms with Gasteiger partial charge in [-0.15, -0.1) is 0 Å². The quantitative estimate of drug-likeness (QED) is 0.733. The van der Waals surface area contributed by atoms with Gasteiger partial charge < -0.3 is 10.2 Å². The SMILES string of the molecule is Oc1c2c(c(O)n1-c1cccc(C(F)(F)F)c1)C1C=CC2CCC1. The van der Waals surface area contributed by atoms with Crippen molar-refractivity contribution in [3.63, 3.8) is 0 Å². The van der Waals surface area contributed by atoms with E-state index in [4.69, 9.17) is 0 Å². The van der Waals surface area contributed by atoms with Gasteiger partial charge in [0.05, 0.1) is 11.3 Å². The Balaban J connectivity index is 1.91. The van der Waals surface area contributed by atoms with Crippen LogP contribution >= 0.6 is 0 Å². The van der Waals surface area contributed by atoms with Crippen molar-refractivity contribution in [1.82, 2.24) is 4.57 Å². The molecule has 126 valence electrons. The molecule has 0 aliphatic heterocycles. The highest BCUT2D eigenvalue weighted by Gasteiger charge is 2.37. The molecule has 0 saturated carbocycles. The lowest BCUT2D eigenvalue weighted by Crippen LogP contribution is -2.06. The summed E-state index contributed by atoms with van der Waals surface area (Å²) in [6.07, 6.45) is 2.27. The molecule has 5 rings (SSSR count). The number of nitrogens with zero attached hydrogens (tertiary/aromatic N) is 1. The van der Waals surface area contributed by atoms with E-state index in [1.165, 1.54) is 12.1 Å². The number of fused-ring (bicyclic) bond motifs is 2. The van der Waals surface area contributed by atoms with Crippen LogP contribution in [-0.4, -0.2) is 14.8 Å². The summed E-state index contributed by atoms with van der Waals surface area (Å²) in [6, 6.07) is 4.63. The topological polar surface area (TPSA) is 45.4 Å². The Labute approximate surface area is 136 Å². The second kappa shape index (κ2) is 5.06. The number of alkyl halides is 3. The van der Waals surface area contributed by atoms with Gasteiger partial charge in [-0.1, -0.05) is 24.6 Å². The Bertz CT molecular complexity index is 798. The molecule has 3 aliphatic rings. The first-order chi connectivity index (χ1) is 11.4. The van der Waals surface area contributed by atoms with E-state index in [1.807, 2.05) is 12.2 Å². The van der Waals surface area contributed by atoms with Crippen molar-refractivity contribution < 1.29 is 23.4 Å². The van der Waals surface area contributed by atoms with Gasteiger partial charge in [0.1, 0.15) is 0 Å². The molecule has 1 aromatic heterocycles. The molecule has 0 amide bonds. The van der Waals surface area contributed by atoms with E-state index in [0.29, 0.717) is 11.1 Å². The Morgan fingerprint density at radius 1 is 0.958 bits per heavy atom. The largest absolute Gasteiger partial charge is 0.494 e. The summed E-state index contributed by atoms with van der Waals surface area (Å²) in [4.78, 5) is 0. The first kappa shape index (κ1) is 15.2. The van der Waals surface area contributed by atoms with Gasteiger partial charge in [0.15, 0.2) is 0 Å². The number of benzene rings is 1. The highest BCUT2D eigenvalue weighted by atomic mass is 19.4. The summed E-state index contributed by atoms with van der Waals surface area (Å²) in [5, 5.41) is 21.3. The van der Waals surface area contributed by atoms with E-state index in [2.05, 4.69) is 0 Å². The maximum atomic E-state index is 13.0. The van der Waals surface area contributed by atoms with Crippen molar-refractivity contribution in [1.29, 1.82) is 0 Å². The van der Waals surface area contributed by atoms with E-state index in [0.717, 1.165) is 36.0 Å². The van der Waals surface area contributed by atoms with Gasteiger partial charge in [-0.25, -0.2) is 0 Å². The molecule has 1 aromatic carbocycles. The van der Waals surface area contributed by atoms with Crippen molar-refractivity contribution >= 4 is 0 Å². The van der Waals surface area contributed by atoms with Gasteiger partial charge in [-0.05, 0) is 31.0 Å². The van der Waals surface area contributed by atoms with Crippen molar-refractivity contribution in [2.45, 2.75) is 37.3 Å². The van der Waals surface area contributed by atoms with E-state index < -0.39 is 11.7 Å². The fraction of sp³-hybridized carbons (Fsp3) is 0.333. The second-order valence-electron chi connectivity index (χ2n) is 6.39. The molecule has 0 radical (unpaired) electrons.